The van der Waals surface area contributed by atoms with Crippen molar-refractivity contribution in [1.82, 2.24) is 5.32 Å². The molecule has 0 bridgehead atoms. The van der Waals surface area contributed by atoms with Crippen LogP contribution in [0.1, 0.15) is 18.4 Å². The molecular weight excluding hydrogens is 237 g/mol. The minimum atomic E-state index is -0.852. The molecule has 0 heterocycles. The third kappa shape index (κ3) is 2.27. The van der Waals surface area contributed by atoms with Gasteiger partial charge in [0.2, 0.25) is 5.91 Å². The van der Waals surface area contributed by atoms with Gasteiger partial charge in [-0.2, -0.15) is 0 Å². The predicted molar refractivity (Wildman–Crippen MR) is 63.3 cm³/mol. The summed E-state index contributed by atoms with van der Waals surface area (Å²) in [6.07, 6.45) is 1.16. The minimum Gasteiger partial charge on any atom is -0.409 e. The van der Waals surface area contributed by atoms with Crippen molar-refractivity contribution in [1.29, 1.82) is 0 Å². The van der Waals surface area contributed by atoms with E-state index in [1.807, 2.05) is 0 Å². The number of nitrogens with zero attached hydrogens (tertiary/aromatic N) is 1. The van der Waals surface area contributed by atoms with Crippen LogP contribution in [0.2, 0.25) is 0 Å². The molecule has 1 aliphatic rings. The van der Waals surface area contributed by atoms with Crippen molar-refractivity contribution in [3.63, 3.8) is 0 Å². The lowest BCUT2D eigenvalue weighted by Crippen LogP contribution is -2.40. The van der Waals surface area contributed by atoms with Crippen LogP contribution in [-0.2, 0) is 11.3 Å². The van der Waals surface area contributed by atoms with E-state index in [9.17, 15) is 9.18 Å². The number of carbonyl (C=O) groups excluding carboxylic acids is 1. The van der Waals surface area contributed by atoms with Crippen molar-refractivity contribution in [3.8, 4) is 0 Å². The van der Waals surface area contributed by atoms with Gasteiger partial charge in [-0.15, -0.1) is 0 Å². The van der Waals surface area contributed by atoms with Crippen molar-refractivity contribution in [2.24, 2.45) is 16.3 Å². The van der Waals surface area contributed by atoms with E-state index in [4.69, 9.17) is 10.9 Å². The Hall–Kier alpha value is -2.11. The molecule has 0 aliphatic heterocycles. The fourth-order valence-electron chi connectivity index (χ4n) is 1.77. The number of hydrogen-bond acceptors (Lipinski definition) is 3. The second-order valence-corrected chi connectivity index (χ2v) is 4.38. The average molecular weight is 251 g/mol. The monoisotopic (exact) mass is 251 g/mol. The minimum absolute atomic E-state index is 0.0564. The maximum absolute atomic E-state index is 12.7. The molecule has 6 heteroatoms. The summed E-state index contributed by atoms with van der Waals surface area (Å²) < 4.78 is 12.7. The summed E-state index contributed by atoms with van der Waals surface area (Å²) in [4.78, 5) is 11.9. The lowest BCUT2D eigenvalue weighted by Gasteiger charge is -2.13. The van der Waals surface area contributed by atoms with E-state index in [1.165, 1.54) is 12.1 Å². The van der Waals surface area contributed by atoms with Gasteiger partial charge < -0.3 is 16.3 Å². The van der Waals surface area contributed by atoms with E-state index in [0.717, 1.165) is 5.56 Å². The zero-order chi connectivity index (χ0) is 13.2. The summed E-state index contributed by atoms with van der Waals surface area (Å²) in [6, 6.07) is 5.85. The number of amidine groups is 1. The van der Waals surface area contributed by atoms with Gasteiger partial charge in [0.05, 0.1) is 0 Å². The summed E-state index contributed by atoms with van der Waals surface area (Å²) in [5, 5.41) is 14.2. The molecule has 0 unspecified atom stereocenters. The van der Waals surface area contributed by atoms with Crippen LogP contribution in [0, 0.1) is 11.2 Å². The average Bonchev–Trinajstić information content (AvgIpc) is 3.18. The zero-order valence-corrected chi connectivity index (χ0v) is 9.69. The van der Waals surface area contributed by atoms with Gasteiger partial charge in [-0.3, -0.25) is 4.79 Å². The molecule has 0 aromatic heterocycles. The largest absolute Gasteiger partial charge is 0.409 e. The summed E-state index contributed by atoms with van der Waals surface area (Å²) >= 11 is 0. The Morgan fingerprint density at radius 2 is 2.06 bits per heavy atom. The molecule has 5 nitrogen and oxygen atoms in total. The quantitative estimate of drug-likeness (QED) is 0.322. The Morgan fingerprint density at radius 3 is 2.56 bits per heavy atom. The normalized spacial score (nSPS) is 17.3. The zero-order valence-electron chi connectivity index (χ0n) is 9.69. The van der Waals surface area contributed by atoms with E-state index in [2.05, 4.69) is 10.5 Å². The number of benzene rings is 1. The van der Waals surface area contributed by atoms with Gasteiger partial charge in [-0.1, -0.05) is 17.3 Å². The number of rotatable bonds is 4. The van der Waals surface area contributed by atoms with Crippen LogP contribution in [0.15, 0.2) is 29.4 Å². The number of oxime groups is 1. The van der Waals surface area contributed by atoms with Crippen molar-refractivity contribution in [3.05, 3.63) is 35.6 Å². The van der Waals surface area contributed by atoms with Crippen LogP contribution in [0.25, 0.3) is 0 Å². The predicted octanol–water partition coefficient (Wildman–Crippen LogP) is 0.968. The standard InChI is InChI=1S/C12H14FN3O2/c13-9-3-1-8(2-4-9)7-15-11(17)12(5-6-12)10(14)16-18/h1-4,18H,5-7H2,(H2,14,16)(H,15,17). The van der Waals surface area contributed by atoms with E-state index in [-0.39, 0.29) is 17.6 Å². The number of hydrogen-bond donors (Lipinski definition) is 3. The number of halogens is 1. The molecule has 0 spiro atoms. The van der Waals surface area contributed by atoms with Crippen LogP contribution in [0.4, 0.5) is 4.39 Å². The fourth-order valence-corrected chi connectivity index (χ4v) is 1.77. The molecule has 18 heavy (non-hydrogen) atoms. The molecule has 1 aliphatic carbocycles. The molecule has 96 valence electrons. The first-order valence-corrected chi connectivity index (χ1v) is 5.59. The van der Waals surface area contributed by atoms with Gasteiger partial charge in [-0.05, 0) is 30.5 Å². The first-order valence-electron chi connectivity index (χ1n) is 5.59. The Morgan fingerprint density at radius 1 is 1.44 bits per heavy atom. The SMILES string of the molecule is N/C(=N/O)C1(C(=O)NCc2ccc(F)cc2)CC1. The van der Waals surface area contributed by atoms with Gasteiger partial charge in [0.1, 0.15) is 11.2 Å². The second-order valence-electron chi connectivity index (χ2n) is 4.38. The van der Waals surface area contributed by atoms with Gasteiger partial charge in [0.15, 0.2) is 5.84 Å². The Kier molecular flexibility index (Phi) is 3.18. The highest BCUT2D eigenvalue weighted by molar-refractivity contribution is 6.09. The summed E-state index contributed by atoms with van der Waals surface area (Å²) in [5.74, 6) is -0.637. The number of amides is 1. The highest BCUT2D eigenvalue weighted by Crippen LogP contribution is 2.46. The first-order chi connectivity index (χ1) is 8.58. The molecule has 1 fully saturated rings. The Bertz CT molecular complexity index is 481. The third-order valence-corrected chi connectivity index (χ3v) is 3.15. The molecule has 1 aromatic carbocycles. The van der Waals surface area contributed by atoms with Crippen LogP contribution in [0.3, 0.4) is 0 Å². The van der Waals surface area contributed by atoms with E-state index >= 15 is 0 Å². The maximum atomic E-state index is 12.7. The van der Waals surface area contributed by atoms with Crippen LogP contribution in [-0.4, -0.2) is 17.0 Å². The molecule has 1 amide bonds. The molecule has 1 saturated carbocycles. The summed E-state index contributed by atoms with van der Waals surface area (Å²) in [7, 11) is 0. The molecule has 0 atom stereocenters. The van der Waals surface area contributed by atoms with Crippen LogP contribution >= 0.6 is 0 Å². The summed E-state index contributed by atoms with van der Waals surface area (Å²) in [5.41, 5.74) is 5.43. The van der Waals surface area contributed by atoms with Crippen molar-refractivity contribution in [2.75, 3.05) is 0 Å². The Balaban J connectivity index is 1.95. The maximum Gasteiger partial charge on any atom is 0.234 e. The number of nitrogens with one attached hydrogen (secondary N) is 1. The summed E-state index contributed by atoms with van der Waals surface area (Å²) in [6.45, 7) is 0.291. The van der Waals surface area contributed by atoms with Crippen LogP contribution in [0.5, 0.6) is 0 Å². The number of carbonyl (C=O) groups is 1. The Labute approximate surface area is 103 Å². The lowest BCUT2D eigenvalue weighted by atomic mass is 10.1. The molecule has 2 rings (SSSR count). The highest BCUT2D eigenvalue weighted by Gasteiger charge is 2.54. The highest BCUT2D eigenvalue weighted by atomic mass is 19.1. The van der Waals surface area contributed by atoms with Crippen molar-refractivity contribution < 1.29 is 14.4 Å². The van der Waals surface area contributed by atoms with E-state index < -0.39 is 5.41 Å². The first kappa shape index (κ1) is 12.3. The van der Waals surface area contributed by atoms with Crippen molar-refractivity contribution in [2.45, 2.75) is 19.4 Å². The lowest BCUT2D eigenvalue weighted by molar-refractivity contribution is -0.124. The molecule has 0 radical (unpaired) electrons. The third-order valence-electron chi connectivity index (χ3n) is 3.15. The smallest absolute Gasteiger partial charge is 0.234 e. The molecular formula is C12H14FN3O2. The molecule has 4 N–H and O–H groups in total. The molecule has 0 saturated heterocycles. The topological polar surface area (TPSA) is 87.7 Å². The van der Waals surface area contributed by atoms with E-state index in [0.29, 0.717) is 19.4 Å². The van der Waals surface area contributed by atoms with Gasteiger partial charge in [0, 0.05) is 6.54 Å². The van der Waals surface area contributed by atoms with E-state index in [1.54, 1.807) is 12.1 Å². The van der Waals surface area contributed by atoms with Gasteiger partial charge in [-0.25, -0.2) is 4.39 Å². The van der Waals surface area contributed by atoms with Crippen molar-refractivity contribution >= 4 is 11.7 Å². The second kappa shape index (κ2) is 4.64. The fraction of sp³-hybridized carbons (Fsp3) is 0.333. The van der Waals surface area contributed by atoms with Crippen LogP contribution < -0.4 is 11.1 Å². The van der Waals surface area contributed by atoms with Gasteiger partial charge in [0.25, 0.3) is 0 Å². The number of nitrogens with two attached hydrogens (primary N) is 1. The molecule has 1 aromatic rings. The van der Waals surface area contributed by atoms with Gasteiger partial charge >= 0.3 is 0 Å².